The van der Waals surface area contributed by atoms with E-state index in [9.17, 15) is 48.6 Å². The van der Waals surface area contributed by atoms with Crippen LogP contribution in [0, 0.1) is 39.3 Å². The van der Waals surface area contributed by atoms with Gasteiger partial charge in [-0.1, -0.05) is 99.9 Å². The van der Waals surface area contributed by atoms with E-state index < -0.39 is 24.3 Å². The van der Waals surface area contributed by atoms with E-state index in [1.807, 2.05) is 75.1 Å². The first-order valence-corrected chi connectivity index (χ1v) is 38.7. The Labute approximate surface area is 780 Å². The number of oxazole rings is 4. The average Bonchev–Trinajstić information content (AvgIpc) is 1.65. The second-order valence-electron chi connectivity index (χ2n) is 28.0. The van der Waals surface area contributed by atoms with Gasteiger partial charge in [0.1, 0.15) is 63.5 Å². The number of hydrogen-bond donors (Lipinski definition) is 6. The Morgan fingerprint density at radius 1 is 0.435 bits per heavy atom. The van der Waals surface area contributed by atoms with E-state index >= 15 is 0 Å². The molecule has 6 aliphatic heterocycles. The van der Waals surface area contributed by atoms with Gasteiger partial charge in [-0.05, 0) is 126 Å². The molecule has 36 nitrogen and oxygen atoms in total. The predicted octanol–water partition coefficient (Wildman–Crippen LogP) is 15.2. The minimum atomic E-state index is -1.06. The smallest absolute Gasteiger partial charge is 0.384 e. The molecule has 0 aliphatic carbocycles. The number of carboxylic acids is 1. The summed E-state index contributed by atoms with van der Waals surface area (Å²) in [5.74, 6) is -0.746. The molecule has 0 saturated carbocycles. The second-order valence-corrected chi connectivity index (χ2v) is 28.0. The molecule has 732 valence electrons. The summed E-state index contributed by atoms with van der Waals surface area (Å²) in [7, 11) is 0. The molecule has 0 spiro atoms. The van der Waals surface area contributed by atoms with Gasteiger partial charge in [-0.3, -0.25) is 33.6 Å². The molecule has 0 bridgehead atoms. The van der Waals surface area contributed by atoms with Crippen LogP contribution in [0.25, 0.3) is 54.1 Å². The number of benzene rings is 5. The fourth-order valence-corrected chi connectivity index (χ4v) is 12.2. The van der Waals surface area contributed by atoms with Crippen LogP contribution in [0.5, 0.6) is 17.2 Å². The zero-order valence-electron chi connectivity index (χ0n) is 68.2. The number of nitrogens with one attached hydrogen (secondary N) is 1. The molecular formula is C94H147ClN14O22. The summed E-state index contributed by atoms with van der Waals surface area (Å²) >= 11 is 0. The number of nitrogens with zero attached hydrogens (tertiary/aromatic N) is 12. The van der Waals surface area contributed by atoms with E-state index in [2.05, 4.69) is 29.6 Å². The van der Waals surface area contributed by atoms with Gasteiger partial charge in [-0.25, -0.2) is 37.9 Å². The van der Waals surface area contributed by atoms with Gasteiger partial charge >= 0.3 is 18.4 Å². The van der Waals surface area contributed by atoms with Crippen LogP contribution in [0.4, 0.5) is 5.69 Å². The number of nitrogen functional groups attached to an aromatic ring is 1. The van der Waals surface area contributed by atoms with Crippen LogP contribution in [-0.2, 0) is 68.4 Å². The summed E-state index contributed by atoms with van der Waals surface area (Å²) in [4.78, 5) is 126. The van der Waals surface area contributed by atoms with Crippen molar-refractivity contribution in [2.24, 2.45) is 0 Å². The van der Waals surface area contributed by atoms with Crippen LogP contribution < -0.4 is 5.73 Å². The number of carboxylic acid groups (broad SMARTS) is 1. The number of ether oxygens (including phenoxy) is 6. The molecule has 3 unspecified atom stereocenters. The maximum absolute atomic E-state index is 12.4. The number of halogens is 1. The number of nitrogens with two attached hydrogens (primary N) is 1. The number of aldehydes is 1. The lowest BCUT2D eigenvalue weighted by Gasteiger charge is -2.28. The van der Waals surface area contributed by atoms with Gasteiger partial charge < -0.3 is 117 Å². The molecule has 37 heteroatoms. The number of aryl methyl sites for hydroxylation is 3. The highest BCUT2D eigenvalue weighted by Crippen LogP contribution is 2.31. The highest BCUT2D eigenvalue weighted by atomic mass is 35.5. The lowest BCUT2D eigenvalue weighted by Crippen LogP contribution is -2.42. The number of rotatable bonds is 13. The maximum Gasteiger partial charge on any atom is 0.384 e. The maximum atomic E-state index is 12.4. The van der Waals surface area contributed by atoms with E-state index in [1.54, 1.807) is 63.5 Å². The molecule has 131 heavy (non-hydrogen) atoms. The average molecular weight is 1860 g/mol. The summed E-state index contributed by atoms with van der Waals surface area (Å²) in [6.45, 7) is 39.5. The van der Waals surface area contributed by atoms with Crippen molar-refractivity contribution < 1.29 is 105 Å². The number of anilines is 1. The Bertz CT molecular complexity index is 4890. The first-order valence-electron chi connectivity index (χ1n) is 38.7. The first kappa shape index (κ1) is 127. The fourth-order valence-electron chi connectivity index (χ4n) is 12.2. The van der Waals surface area contributed by atoms with Crippen molar-refractivity contribution in [3.05, 3.63) is 154 Å². The van der Waals surface area contributed by atoms with E-state index in [0.717, 1.165) is 38.9 Å². The number of carbonyl (C=O) groups is 8. The van der Waals surface area contributed by atoms with Gasteiger partial charge in [0.25, 0.3) is 6.54 Å². The number of phenolic OH excluding ortho intramolecular Hbond substituents is 3. The van der Waals surface area contributed by atoms with E-state index in [4.69, 9.17) is 80.6 Å². The van der Waals surface area contributed by atoms with Crippen molar-refractivity contribution in [2.45, 2.75) is 161 Å². The number of amides is 6. The highest BCUT2D eigenvalue weighted by molar-refractivity contribution is 5.98. The summed E-state index contributed by atoms with van der Waals surface area (Å²) in [5.41, 5.74) is 14.4. The van der Waals surface area contributed by atoms with Crippen molar-refractivity contribution in [3.63, 3.8) is 0 Å². The van der Waals surface area contributed by atoms with Crippen LogP contribution in [-0.4, -0.2) is 294 Å². The Hall–Kier alpha value is -12.2. The second kappa shape index (κ2) is 64.6. The third kappa shape index (κ3) is 39.2. The lowest BCUT2D eigenvalue weighted by atomic mass is 10.1. The molecule has 3 atom stereocenters. The minimum Gasteiger partial charge on any atom is -0.508 e. The molecule has 6 fully saturated rings. The van der Waals surface area contributed by atoms with Crippen molar-refractivity contribution in [3.8, 4) is 17.2 Å². The monoisotopic (exact) mass is 1860 g/mol. The van der Waals surface area contributed by atoms with Crippen LogP contribution in [0.1, 0.15) is 184 Å². The Kier molecular flexibility index (Phi) is 62.8. The van der Waals surface area contributed by atoms with Crippen molar-refractivity contribution in [1.29, 1.82) is 5.41 Å². The Balaban J connectivity index is -0.000000466. The SMILES string of the molecule is C.C.C.C.C.C.C.C.C.C.C.CC(=N)CC(=O)N1CCOCC1.CC(C(=O)N1CCOCC1)c1nc2c(C=O)c(O)ccc2o1.CC(C(=O)N1CCOCC1)c1nc2cc(O)ccc2o1.Cc1ccc(N)c(O)c1.Cc1ccc2oc(C(C)C(=O)N3CCOCC3)nc2c1.Cc1ccc2oc(CC(=O)N3CCOCC3)nc2c1.Cl.[C-]#[N+]CC(=O)N1CCOCC1.[C-]#[N+]CC(=O)O. The molecule has 6 saturated heterocycles. The summed E-state index contributed by atoms with van der Waals surface area (Å²) < 4.78 is 53.6. The van der Waals surface area contributed by atoms with E-state index in [0.29, 0.717) is 210 Å². The Morgan fingerprint density at radius 3 is 1.13 bits per heavy atom. The van der Waals surface area contributed by atoms with Crippen LogP contribution in [0.15, 0.2) is 103 Å². The summed E-state index contributed by atoms with van der Waals surface area (Å²) in [6.07, 6.45) is 0.992. The van der Waals surface area contributed by atoms with Gasteiger partial charge in [0.05, 0.1) is 97.0 Å². The molecule has 9 aromatic rings. The van der Waals surface area contributed by atoms with Gasteiger partial charge in [0.15, 0.2) is 28.6 Å². The number of carbonyl (C=O) groups excluding carboxylic acids is 7. The lowest BCUT2D eigenvalue weighted by molar-refractivity contribution is -0.137. The third-order valence-electron chi connectivity index (χ3n) is 18.9. The van der Waals surface area contributed by atoms with Crippen molar-refractivity contribution >= 4 is 116 Å². The number of fused-ring (bicyclic) bond motifs is 4. The molecule has 6 aliphatic rings. The molecule has 4 aromatic heterocycles. The predicted molar refractivity (Wildman–Crippen MR) is 515 cm³/mol. The topological polar surface area (TPSA) is 455 Å². The third-order valence-corrected chi connectivity index (χ3v) is 18.9. The summed E-state index contributed by atoms with van der Waals surface area (Å²) in [6, 6.07) is 24.4. The molecule has 0 radical (unpaired) electrons. The molecule has 6 amide bonds. The number of aliphatic carboxylic acids is 1. The van der Waals surface area contributed by atoms with Gasteiger partial charge in [0.2, 0.25) is 53.1 Å². The van der Waals surface area contributed by atoms with Gasteiger partial charge in [-0.2, -0.15) is 0 Å². The minimum absolute atomic E-state index is 0. The number of phenols is 3. The molecule has 15 rings (SSSR count). The standard InChI is InChI=1S/C15H16N2O5.C15H18N2O3.C14H16N2O4.C14H16N2O3.C8H14N2O2.C7H10N2O2.C7H9NO.C3H3NO2.11CH4.ClH/c1-9(15(20)17-4-6-21-7-5-17)14-16-13-10(8-18)11(19)2-3-12(13)22-14;1-10-3-4-13-12(9-10)16-14(20-13)11(2)15(18)17-5-7-19-8-6-17;1-9(14(18)16-4-6-19-7-5-16)13-15-11-8-10(17)2-3-12(11)20-13;1-10-2-3-12-11(8-10)15-13(19-12)9-14(17)16-4-6-18-7-5-16;1-7(9)6-8(11)10-2-4-12-5-3-10;1-8-6-7(10)9-2-4-11-5-3-9;1-5-2-3-6(8)7(9)4-5;1-4-2-3(5)6;;;;;;;;;;;;/h2-3,8-9,19H,4-7H2,1H3;3-4,9,11H,5-8H2,1-2H3;2-3,8-9,17H,4-7H2,1H3;2-3,8H,4-7,9H2,1H3;9H,2-6H2,1H3;2-6H2;2-4,9H,8H2,1H3;2H2,(H,5,6);11*1H4;1H. The number of hydrogen-bond acceptors (Lipinski definition) is 27. The molecular weight excluding hydrogens is 1710 g/mol. The van der Waals surface area contributed by atoms with Crippen molar-refractivity contribution in [2.75, 3.05) is 177 Å². The van der Waals surface area contributed by atoms with Crippen LogP contribution in [0.3, 0.4) is 0 Å². The number of aromatic nitrogens is 4. The number of morpholine rings is 6. The zero-order valence-corrected chi connectivity index (χ0v) is 69.0. The van der Waals surface area contributed by atoms with E-state index in [-0.39, 0.29) is 189 Å². The van der Waals surface area contributed by atoms with Gasteiger partial charge in [-0.15, -0.1) is 12.4 Å². The number of aromatic hydroxyl groups is 3. The van der Waals surface area contributed by atoms with Gasteiger partial charge in [0, 0.05) is 90.3 Å². The quantitative estimate of drug-likeness (QED) is 0.0205. The van der Waals surface area contributed by atoms with E-state index in [1.165, 1.54) is 24.3 Å². The normalized spacial score (nSPS) is 14.5. The van der Waals surface area contributed by atoms with Crippen LogP contribution >= 0.6 is 12.4 Å². The zero-order chi connectivity index (χ0) is 86.1. The largest absolute Gasteiger partial charge is 0.508 e. The Morgan fingerprint density at radius 2 is 0.763 bits per heavy atom. The molecule has 7 N–H and O–H groups in total. The fraction of sp³-hybridized carbons (Fsp3) is 0.521. The van der Waals surface area contributed by atoms with Crippen molar-refractivity contribution in [1.82, 2.24) is 49.3 Å². The summed E-state index contributed by atoms with van der Waals surface area (Å²) in [5, 5.41) is 42.9. The highest BCUT2D eigenvalue weighted by Gasteiger charge is 2.32. The van der Waals surface area contributed by atoms with Crippen LogP contribution in [0.2, 0.25) is 0 Å². The molecule has 10 heterocycles. The molecule has 5 aromatic carbocycles. The first-order chi connectivity index (χ1) is 57.1.